The number of hydrogen-bond donors (Lipinski definition) is 0. The molecule has 1 spiro atoms. The van der Waals surface area contributed by atoms with Gasteiger partial charge in [0, 0.05) is 13.3 Å². The summed E-state index contributed by atoms with van der Waals surface area (Å²) in [6.45, 7) is 12.9. The lowest BCUT2D eigenvalue weighted by Crippen LogP contribution is -2.71. The summed E-state index contributed by atoms with van der Waals surface area (Å²) in [5, 5.41) is 0. The molecule has 2 saturated heterocycles. The van der Waals surface area contributed by atoms with Crippen LogP contribution in [0.25, 0.3) is 0 Å². The third kappa shape index (κ3) is 1.57. The fourth-order valence-corrected chi connectivity index (χ4v) is 5.21. The quantitative estimate of drug-likeness (QED) is 0.724. The molecule has 0 N–H and O–H groups in total. The van der Waals surface area contributed by atoms with Gasteiger partial charge in [-0.2, -0.15) is 0 Å². The Hall–Kier alpha value is -0.120. The van der Waals surface area contributed by atoms with Crippen LogP contribution in [0.15, 0.2) is 0 Å². The summed E-state index contributed by atoms with van der Waals surface area (Å²) in [6, 6.07) is 0. The molecule has 3 nitrogen and oxygen atoms in total. The Bertz CT molecular complexity index is 391. The molecule has 20 heavy (non-hydrogen) atoms. The zero-order valence-corrected chi connectivity index (χ0v) is 13.8. The van der Waals surface area contributed by atoms with Gasteiger partial charge in [0.1, 0.15) is 0 Å². The van der Waals surface area contributed by atoms with Crippen LogP contribution in [-0.4, -0.2) is 30.7 Å². The highest BCUT2D eigenvalue weighted by atomic mass is 16.7. The van der Waals surface area contributed by atoms with Crippen LogP contribution < -0.4 is 0 Å². The summed E-state index contributed by atoms with van der Waals surface area (Å²) in [4.78, 5) is 0. The van der Waals surface area contributed by atoms with Gasteiger partial charge in [0.2, 0.25) is 0 Å². The Morgan fingerprint density at radius 2 is 1.70 bits per heavy atom. The van der Waals surface area contributed by atoms with E-state index in [-0.39, 0.29) is 17.9 Å². The fraction of sp³-hybridized carbons (Fsp3) is 1.00. The van der Waals surface area contributed by atoms with Gasteiger partial charge in [-0.25, -0.2) is 0 Å². The highest BCUT2D eigenvalue weighted by Gasteiger charge is 2.70. The molecule has 3 atom stereocenters. The third-order valence-electron chi connectivity index (χ3n) is 6.99. The van der Waals surface area contributed by atoms with E-state index in [1.54, 1.807) is 0 Å². The molecule has 0 amide bonds. The summed E-state index contributed by atoms with van der Waals surface area (Å²) in [7, 11) is 0. The molecule has 1 saturated carbocycles. The lowest BCUT2D eigenvalue weighted by Gasteiger charge is -2.67. The lowest BCUT2D eigenvalue weighted by molar-refractivity contribution is -0.362. The smallest absolute Gasteiger partial charge is 0.176 e. The second-order valence-electron chi connectivity index (χ2n) is 7.71. The van der Waals surface area contributed by atoms with Gasteiger partial charge in [-0.05, 0) is 44.9 Å². The van der Waals surface area contributed by atoms with E-state index >= 15 is 0 Å². The standard InChI is InChI=1S/C17H30O3.H2/c1-6-16-8-7-13(2)20-15(16,5)14(3,4)17(10-9-16)18-11-12-19-17;/h13H,6-12H2,1-5H3;1H. The first-order valence-electron chi connectivity index (χ1n) is 8.28. The second kappa shape index (κ2) is 4.44. The van der Waals surface area contributed by atoms with Crippen molar-refractivity contribution in [3.8, 4) is 0 Å². The van der Waals surface area contributed by atoms with Gasteiger partial charge < -0.3 is 14.2 Å². The first kappa shape index (κ1) is 14.8. The van der Waals surface area contributed by atoms with E-state index in [1.807, 2.05) is 0 Å². The Morgan fingerprint density at radius 1 is 1.05 bits per heavy atom. The summed E-state index contributed by atoms with van der Waals surface area (Å²) < 4.78 is 18.9. The Balaban J connectivity index is 0.00000161. The van der Waals surface area contributed by atoms with E-state index in [0.29, 0.717) is 19.3 Å². The van der Waals surface area contributed by atoms with Gasteiger partial charge in [0.05, 0.1) is 24.9 Å². The Kier molecular flexibility index (Phi) is 3.28. The monoisotopic (exact) mass is 284 g/mol. The SMILES string of the molecule is CCC12CCC(C)OC1(C)C(C)(C)C1(CC2)OCCO1.[HH]. The molecule has 1 aliphatic carbocycles. The van der Waals surface area contributed by atoms with Gasteiger partial charge in [0.15, 0.2) is 5.79 Å². The van der Waals surface area contributed by atoms with Crippen LogP contribution >= 0.6 is 0 Å². The average Bonchev–Trinajstić information content (AvgIpc) is 2.87. The van der Waals surface area contributed by atoms with E-state index in [4.69, 9.17) is 14.2 Å². The zero-order chi connectivity index (χ0) is 14.6. The summed E-state index contributed by atoms with van der Waals surface area (Å²) >= 11 is 0. The molecule has 0 aromatic rings. The van der Waals surface area contributed by atoms with E-state index < -0.39 is 5.79 Å². The maximum Gasteiger partial charge on any atom is 0.176 e. The van der Waals surface area contributed by atoms with Crippen molar-refractivity contribution in [1.82, 2.24) is 0 Å². The van der Waals surface area contributed by atoms with E-state index in [2.05, 4.69) is 34.6 Å². The largest absolute Gasteiger partial charge is 0.371 e. The van der Waals surface area contributed by atoms with E-state index in [0.717, 1.165) is 12.8 Å². The molecule has 0 bridgehead atoms. The predicted molar refractivity (Wildman–Crippen MR) is 80.7 cm³/mol. The third-order valence-corrected chi connectivity index (χ3v) is 6.99. The first-order chi connectivity index (χ1) is 9.33. The van der Waals surface area contributed by atoms with Crippen molar-refractivity contribution in [3.05, 3.63) is 0 Å². The number of rotatable bonds is 1. The fourth-order valence-electron chi connectivity index (χ4n) is 5.21. The lowest BCUT2D eigenvalue weighted by atomic mass is 9.47. The minimum Gasteiger partial charge on any atom is -0.371 e. The highest BCUT2D eigenvalue weighted by Crippen LogP contribution is 2.66. The van der Waals surface area contributed by atoms with Gasteiger partial charge in [-0.15, -0.1) is 0 Å². The summed E-state index contributed by atoms with van der Waals surface area (Å²) in [6.07, 6.45) is 6.09. The zero-order valence-electron chi connectivity index (χ0n) is 13.8. The molecule has 3 rings (SSSR count). The van der Waals surface area contributed by atoms with Crippen molar-refractivity contribution >= 4 is 0 Å². The maximum absolute atomic E-state index is 6.61. The molecule has 118 valence electrons. The van der Waals surface area contributed by atoms with Gasteiger partial charge in [-0.3, -0.25) is 0 Å². The molecule has 0 aromatic heterocycles. The van der Waals surface area contributed by atoms with Crippen molar-refractivity contribution < 1.29 is 15.6 Å². The Morgan fingerprint density at radius 3 is 2.30 bits per heavy atom. The van der Waals surface area contributed by atoms with Crippen LogP contribution in [-0.2, 0) is 14.2 Å². The maximum atomic E-state index is 6.61. The molecule has 0 radical (unpaired) electrons. The van der Waals surface area contributed by atoms with Crippen LogP contribution in [0.2, 0.25) is 0 Å². The molecule has 3 unspecified atom stereocenters. The van der Waals surface area contributed by atoms with Gasteiger partial charge in [-0.1, -0.05) is 20.8 Å². The minimum absolute atomic E-state index is 0. The molecular formula is C17H32O3. The summed E-state index contributed by atoms with van der Waals surface area (Å²) in [5.41, 5.74) is -0.0575. The van der Waals surface area contributed by atoms with Crippen LogP contribution in [0.5, 0.6) is 0 Å². The van der Waals surface area contributed by atoms with Crippen molar-refractivity contribution in [2.75, 3.05) is 13.2 Å². The first-order valence-corrected chi connectivity index (χ1v) is 8.28. The van der Waals surface area contributed by atoms with Crippen LogP contribution in [0.4, 0.5) is 0 Å². The van der Waals surface area contributed by atoms with Crippen molar-refractivity contribution in [1.29, 1.82) is 0 Å². The minimum atomic E-state index is -0.447. The van der Waals surface area contributed by atoms with E-state index in [9.17, 15) is 0 Å². The van der Waals surface area contributed by atoms with Crippen LogP contribution in [0, 0.1) is 10.8 Å². The highest BCUT2D eigenvalue weighted by molar-refractivity contribution is 5.16. The predicted octanol–water partition coefficient (Wildman–Crippen LogP) is 4.15. The number of hydrogen-bond acceptors (Lipinski definition) is 3. The molecule has 3 fully saturated rings. The molecule has 2 heterocycles. The average molecular weight is 284 g/mol. The van der Waals surface area contributed by atoms with Gasteiger partial charge >= 0.3 is 0 Å². The van der Waals surface area contributed by atoms with Gasteiger partial charge in [0.25, 0.3) is 0 Å². The molecule has 2 aliphatic heterocycles. The van der Waals surface area contributed by atoms with Crippen LogP contribution in [0.1, 0.15) is 68.1 Å². The number of ether oxygens (including phenoxy) is 3. The topological polar surface area (TPSA) is 27.7 Å². The van der Waals surface area contributed by atoms with E-state index in [1.165, 1.54) is 19.3 Å². The Labute approximate surface area is 124 Å². The van der Waals surface area contributed by atoms with Crippen LogP contribution in [0.3, 0.4) is 0 Å². The number of fused-ring (bicyclic) bond motifs is 1. The summed E-state index contributed by atoms with van der Waals surface area (Å²) in [5.74, 6) is -0.447. The molecule has 3 aliphatic rings. The van der Waals surface area contributed by atoms with Crippen molar-refractivity contribution in [3.63, 3.8) is 0 Å². The second-order valence-corrected chi connectivity index (χ2v) is 7.71. The molecular weight excluding hydrogens is 252 g/mol. The normalized spacial score (nSPS) is 46.4. The van der Waals surface area contributed by atoms with Crippen molar-refractivity contribution in [2.24, 2.45) is 10.8 Å². The molecule has 3 heteroatoms. The molecule has 0 aromatic carbocycles. The van der Waals surface area contributed by atoms with Crippen molar-refractivity contribution in [2.45, 2.75) is 84.2 Å².